The molecule has 0 atom stereocenters. The maximum Gasteiger partial charge on any atom is 0.296 e. The summed E-state index contributed by atoms with van der Waals surface area (Å²) in [6.07, 6.45) is -0.335. The number of nitrogens with zero attached hydrogens (tertiary/aromatic N) is 8. The maximum absolute atomic E-state index is 14.1. The molecule has 216 valence electrons. The van der Waals surface area contributed by atoms with Crippen LogP contribution in [0, 0.1) is 0 Å². The first-order chi connectivity index (χ1) is 20.1. The average Bonchev–Trinajstić information content (AvgIpc) is 3.41. The van der Waals surface area contributed by atoms with Crippen LogP contribution in [-0.2, 0) is 9.47 Å². The van der Waals surface area contributed by atoms with Gasteiger partial charge in [-0.2, -0.15) is 15.0 Å². The number of morpholine rings is 2. The van der Waals surface area contributed by atoms with E-state index in [1.54, 1.807) is 42.6 Å². The summed E-state index contributed by atoms with van der Waals surface area (Å²) in [6, 6.07) is 10.4. The second-order valence-electron chi connectivity index (χ2n) is 9.62. The summed E-state index contributed by atoms with van der Waals surface area (Å²) < 4.78 is 46.2. The van der Waals surface area contributed by atoms with Crippen molar-refractivity contribution in [3.63, 3.8) is 0 Å². The first-order valence-electron chi connectivity index (χ1n) is 13.6. The third kappa shape index (κ3) is 6.50. The summed E-state index contributed by atoms with van der Waals surface area (Å²) in [6.45, 7) is 7.01. The molecule has 0 saturated carbocycles. The molecule has 41 heavy (non-hydrogen) atoms. The van der Waals surface area contributed by atoms with Gasteiger partial charge in [-0.05, 0) is 24.6 Å². The largest absolute Gasteiger partial charge is 0.478 e. The monoisotopic (exact) mass is 567 g/mol. The van der Waals surface area contributed by atoms with Crippen LogP contribution in [0.2, 0.25) is 0 Å². The number of para-hydroxylation sites is 2. The van der Waals surface area contributed by atoms with E-state index in [0.29, 0.717) is 61.5 Å². The van der Waals surface area contributed by atoms with Gasteiger partial charge in [0.15, 0.2) is 5.82 Å². The molecule has 5 heterocycles. The molecule has 2 fully saturated rings. The Kier molecular flexibility index (Phi) is 8.39. The van der Waals surface area contributed by atoms with Crippen molar-refractivity contribution in [1.29, 1.82) is 0 Å². The van der Waals surface area contributed by atoms with Gasteiger partial charge in [0.25, 0.3) is 6.43 Å². The highest BCUT2D eigenvalue weighted by atomic mass is 19.3. The number of hydrogen-bond donors (Lipinski definition) is 1. The van der Waals surface area contributed by atoms with Gasteiger partial charge in [-0.1, -0.05) is 12.1 Å². The predicted molar refractivity (Wildman–Crippen MR) is 147 cm³/mol. The summed E-state index contributed by atoms with van der Waals surface area (Å²) in [4.78, 5) is 26.5. The maximum atomic E-state index is 14.1. The number of pyridine rings is 1. The van der Waals surface area contributed by atoms with Crippen molar-refractivity contribution < 1.29 is 23.0 Å². The van der Waals surface area contributed by atoms with E-state index in [2.05, 4.69) is 35.1 Å². The number of aromatic nitrogens is 6. The summed E-state index contributed by atoms with van der Waals surface area (Å²) >= 11 is 0. The predicted octanol–water partition coefficient (Wildman–Crippen LogP) is 3.22. The number of anilines is 3. The smallest absolute Gasteiger partial charge is 0.296 e. The molecule has 3 aromatic heterocycles. The van der Waals surface area contributed by atoms with Gasteiger partial charge in [-0.3, -0.25) is 9.47 Å². The van der Waals surface area contributed by atoms with Crippen LogP contribution in [0.25, 0.3) is 17.0 Å². The summed E-state index contributed by atoms with van der Waals surface area (Å²) in [5, 5.41) is 3.18. The minimum Gasteiger partial charge on any atom is -0.478 e. The molecule has 0 unspecified atom stereocenters. The van der Waals surface area contributed by atoms with Gasteiger partial charge in [0.1, 0.15) is 0 Å². The lowest BCUT2D eigenvalue weighted by Crippen LogP contribution is -2.37. The average molecular weight is 568 g/mol. The lowest BCUT2D eigenvalue weighted by Gasteiger charge is -2.27. The second kappa shape index (κ2) is 12.7. The molecule has 6 rings (SSSR count). The molecule has 0 spiro atoms. The van der Waals surface area contributed by atoms with Gasteiger partial charge < -0.3 is 24.4 Å². The molecule has 0 radical (unpaired) electrons. The van der Waals surface area contributed by atoms with Gasteiger partial charge >= 0.3 is 0 Å². The Morgan fingerprint density at radius 1 is 0.902 bits per heavy atom. The highest BCUT2D eigenvalue weighted by molar-refractivity contribution is 5.77. The molecule has 12 nitrogen and oxygen atoms in total. The Morgan fingerprint density at radius 2 is 1.66 bits per heavy atom. The van der Waals surface area contributed by atoms with E-state index < -0.39 is 12.2 Å². The Bertz CT molecular complexity index is 1460. The number of alkyl halides is 2. The number of halogens is 2. The Morgan fingerprint density at radius 3 is 2.46 bits per heavy atom. The number of nitrogens with one attached hydrogen (secondary N) is 1. The first-order valence-corrected chi connectivity index (χ1v) is 13.6. The van der Waals surface area contributed by atoms with E-state index in [9.17, 15) is 8.78 Å². The van der Waals surface area contributed by atoms with Crippen molar-refractivity contribution in [3.8, 4) is 11.8 Å². The van der Waals surface area contributed by atoms with Crippen LogP contribution in [0.15, 0.2) is 42.6 Å². The molecule has 0 bridgehead atoms. The Labute approximate surface area is 235 Å². The minimum atomic E-state index is -2.83. The van der Waals surface area contributed by atoms with Crippen molar-refractivity contribution in [2.24, 2.45) is 0 Å². The van der Waals surface area contributed by atoms with Gasteiger partial charge in [0, 0.05) is 50.7 Å². The van der Waals surface area contributed by atoms with Crippen LogP contribution < -0.4 is 15.0 Å². The Hall–Kier alpha value is -4.01. The van der Waals surface area contributed by atoms with Gasteiger partial charge in [-0.15, -0.1) is 0 Å². The highest BCUT2D eigenvalue weighted by Crippen LogP contribution is 2.28. The van der Waals surface area contributed by atoms with Crippen LogP contribution in [0.1, 0.15) is 18.7 Å². The molecular weight excluding hydrogens is 536 g/mol. The van der Waals surface area contributed by atoms with E-state index in [4.69, 9.17) is 14.2 Å². The fraction of sp³-hybridized carbons (Fsp3) is 0.444. The number of fused-ring (bicyclic) bond motifs is 1. The summed E-state index contributed by atoms with van der Waals surface area (Å²) in [7, 11) is 0. The molecule has 4 aromatic rings. The van der Waals surface area contributed by atoms with Crippen LogP contribution in [-0.4, -0.2) is 100 Å². The Balaban J connectivity index is 1.25. The standard InChI is InChI=1S/C27H31F2N9O3/c28-23(29)24-32-20-4-1-2-5-21(20)38(24)27-34-25(33-26(35-27)37-11-16-40-17-12-37)31-19-6-7-30-22(18-19)41-13-3-8-36-9-14-39-15-10-36/h1-2,4-7,18,23H,3,8-17H2,(H,30,31,33,34,35). The van der Waals surface area contributed by atoms with Crippen LogP contribution >= 0.6 is 0 Å². The third-order valence-corrected chi connectivity index (χ3v) is 6.85. The fourth-order valence-corrected chi connectivity index (χ4v) is 4.80. The quantitative estimate of drug-likeness (QED) is 0.285. The minimum absolute atomic E-state index is 0.0432. The molecule has 14 heteroatoms. The lowest BCUT2D eigenvalue weighted by molar-refractivity contribution is 0.0357. The zero-order chi connectivity index (χ0) is 28.0. The van der Waals surface area contributed by atoms with Gasteiger partial charge in [-0.25, -0.2) is 18.7 Å². The van der Waals surface area contributed by atoms with Gasteiger partial charge in [0.2, 0.25) is 23.7 Å². The van der Waals surface area contributed by atoms with Crippen LogP contribution in [0.3, 0.4) is 0 Å². The number of benzene rings is 1. The van der Waals surface area contributed by atoms with Crippen molar-refractivity contribution in [2.75, 3.05) is 76.0 Å². The molecule has 2 saturated heterocycles. The van der Waals surface area contributed by atoms with Crippen molar-refractivity contribution in [1.82, 2.24) is 34.4 Å². The van der Waals surface area contributed by atoms with Crippen LogP contribution in [0.4, 0.5) is 26.4 Å². The van der Waals surface area contributed by atoms with Crippen molar-refractivity contribution >= 4 is 28.6 Å². The normalized spacial score (nSPS) is 16.4. The second-order valence-corrected chi connectivity index (χ2v) is 9.62. The molecule has 1 N–H and O–H groups in total. The fourth-order valence-electron chi connectivity index (χ4n) is 4.80. The zero-order valence-electron chi connectivity index (χ0n) is 22.5. The number of hydrogen-bond acceptors (Lipinski definition) is 11. The number of ether oxygens (including phenoxy) is 3. The van der Waals surface area contributed by atoms with Crippen molar-refractivity contribution in [2.45, 2.75) is 12.8 Å². The lowest BCUT2D eigenvalue weighted by atomic mass is 10.3. The summed E-state index contributed by atoms with van der Waals surface area (Å²) in [5.74, 6) is 0.612. The van der Waals surface area contributed by atoms with Crippen LogP contribution in [0.5, 0.6) is 5.88 Å². The van der Waals surface area contributed by atoms with Gasteiger partial charge in [0.05, 0.1) is 44.1 Å². The molecule has 2 aliphatic rings. The number of imidazole rings is 1. The van der Waals surface area contributed by atoms with E-state index in [-0.39, 0.29) is 11.9 Å². The van der Waals surface area contributed by atoms with E-state index in [1.165, 1.54) is 4.57 Å². The van der Waals surface area contributed by atoms with E-state index in [1.807, 2.05) is 4.90 Å². The summed E-state index contributed by atoms with van der Waals surface area (Å²) in [5.41, 5.74) is 1.54. The molecule has 2 aliphatic heterocycles. The molecule has 1 aromatic carbocycles. The number of rotatable bonds is 10. The van der Waals surface area contributed by atoms with E-state index in [0.717, 1.165) is 39.3 Å². The topological polar surface area (TPSA) is 116 Å². The first kappa shape index (κ1) is 27.2. The third-order valence-electron chi connectivity index (χ3n) is 6.85. The molecular formula is C27H31F2N9O3. The molecule has 0 amide bonds. The van der Waals surface area contributed by atoms with E-state index >= 15 is 0 Å². The highest BCUT2D eigenvalue weighted by Gasteiger charge is 2.24. The zero-order valence-corrected chi connectivity index (χ0v) is 22.5. The van der Waals surface area contributed by atoms with Crippen molar-refractivity contribution in [3.05, 3.63) is 48.4 Å². The SMILES string of the molecule is FC(F)c1nc2ccccc2n1-c1nc(Nc2ccnc(OCCCN3CCOCC3)c2)nc(N2CCOCC2)n1. The molecule has 0 aliphatic carbocycles.